The number of rotatable bonds is 0. The fourth-order valence-electron chi connectivity index (χ4n) is 2.63. The van der Waals surface area contributed by atoms with Crippen LogP contribution in [0, 0.1) is 0 Å². The van der Waals surface area contributed by atoms with Crippen LogP contribution in [0.2, 0.25) is 0 Å². The zero-order valence-electron chi connectivity index (χ0n) is 11.0. The van der Waals surface area contributed by atoms with Crippen LogP contribution in [0.1, 0.15) is 20.7 Å². The number of halogens is 2. The van der Waals surface area contributed by atoms with Crippen LogP contribution < -0.4 is 10.6 Å². The lowest BCUT2D eigenvalue weighted by Gasteiger charge is -2.03. The molecule has 2 aromatic rings. The SMILES string of the molecule is O=C1C(=C2Nc3ccc(Br)cc3C2=O)Nc2ccc(Br)cc21. The zero-order chi connectivity index (χ0) is 15.4. The molecule has 0 radical (unpaired) electrons. The van der Waals surface area contributed by atoms with E-state index in [1.807, 2.05) is 24.3 Å². The van der Waals surface area contributed by atoms with E-state index in [1.165, 1.54) is 0 Å². The second kappa shape index (κ2) is 4.79. The third-order valence-corrected chi connectivity index (χ3v) is 4.66. The van der Waals surface area contributed by atoms with Crippen molar-refractivity contribution >= 4 is 54.8 Å². The summed E-state index contributed by atoms with van der Waals surface area (Å²) in [5.41, 5.74) is 3.13. The highest BCUT2D eigenvalue weighted by Crippen LogP contribution is 2.36. The summed E-state index contributed by atoms with van der Waals surface area (Å²) in [7, 11) is 0. The van der Waals surface area contributed by atoms with Crippen molar-refractivity contribution in [1.29, 1.82) is 0 Å². The molecule has 0 atom stereocenters. The molecule has 0 aromatic heterocycles. The second-order valence-electron chi connectivity index (χ2n) is 5.04. The van der Waals surface area contributed by atoms with Crippen molar-refractivity contribution in [3.63, 3.8) is 0 Å². The molecule has 0 fully saturated rings. The van der Waals surface area contributed by atoms with Gasteiger partial charge in [-0.2, -0.15) is 0 Å². The first-order chi connectivity index (χ1) is 10.5. The summed E-state index contributed by atoms with van der Waals surface area (Å²) in [4.78, 5) is 25.1. The summed E-state index contributed by atoms with van der Waals surface area (Å²) in [5.74, 6) is -0.363. The maximum absolute atomic E-state index is 12.6. The number of allylic oxidation sites excluding steroid dienone is 2. The first-order valence-electron chi connectivity index (χ1n) is 6.51. The molecule has 2 aliphatic heterocycles. The first kappa shape index (κ1) is 13.7. The van der Waals surface area contributed by atoms with Crippen LogP contribution in [-0.4, -0.2) is 11.6 Å². The predicted molar refractivity (Wildman–Crippen MR) is 91.2 cm³/mol. The summed E-state index contributed by atoms with van der Waals surface area (Å²) in [5, 5.41) is 6.09. The van der Waals surface area contributed by atoms with Gasteiger partial charge in [0.1, 0.15) is 11.4 Å². The van der Waals surface area contributed by atoms with Crippen LogP contribution in [0.15, 0.2) is 56.7 Å². The lowest BCUT2D eigenvalue weighted by molar-refractivity contribution is 0.101. The fraction of sp³-hybridized carbons (Fsp3) is 0. The molecule has 0 unspecified atom stereocenters. The van der Waals surface area contributed by atoms with E-state index in [9.17, 15) is 9.59 Å². The van der Waals surface area contributed by atoms with Crippen LogP contribution in [0.25, 0.3) is 0 Å². The van der Waals surface area contributed by atoms with Gasteiger partial charge in [0.25, 0.3) is 0 Å². The van der Waals surface area contributed by atoms with Crippen molar-refractivity contribution in [2.45, 2.75) is 0 Å². The molecular weight excluding hydrogens is 412 g/mol. The van der Waals surface area contributed by atoms with Gasteiger partial charge < -0.3 is 10.6 Å². The van der Waals surface area contributed by atoms with Crippen LogP contribution in [0.3, 0.4) is 0 Å². The second-order valence-corrected chi connectivity index (χ2v) is 6.87. The molecule has 108 valence electrons. The van der Waals surface area contributed by atoms with Crippen molar-refractivity contribution in [1.82, 2.24) is 0 Å². The Morgan fingerprint density at radius 2 is 1.09 bits per heavy atom. The van der Waals surface area contributed by atoms with E-state index in [-0.39, 0.29) is 11.6 Å². The number of fused-ring (bicyclic) bond motifs is 2. The smallest absolute Gasteiger partial charge is 0.213 e. The number of hydrogen-bond acceptors (Lipinski definition) is 4. The maximum Gasteiger partial charge on any atom is 0.213 e. The molecule has 0 saturated heterocycles. The highest BCUT2D eigenvalue weighted by molar-refractivity contribution is 9.10. The predicted octanol–water partition coefficient (Wildman–Crippen LogP) is 4.34. The van der Waals surface area contributed by atoms with E-state index in [2.05, 4.69) is 42.5 Å². The van der Waals surface area contributed by atoms with Crippen LogP contribution >= 0.6 is 31.9 Å². The van der Waals surface area contributed by atoms with Gasteiger partial charge in [-0.25, -0.2) is 0 Å². The normalized spacial score (nSPS) is 18.8. The molecule has 2 N–H and O–H groups in total. The molecule has 0 amide bonds. The average Bonchev–Trinajstić information content (AvgIpc) is 2.98. The summed E-state index contributed by atoms with van der Waals surface area (Å²) in [6.07, 6.45) is 0. The number of carbonyl (C=O) groups excluding carboxylic acids is 2. The Labute approximate surface area is 142 Å². The van der Waals surface area contributed by atoms with Gasteiger partial charge in [0.2, 0.25) is 11.6 Å². The average molecular weight is 420 g/mol. The molecule has 2 aromatic carbocycles. The number of anilines is 2. The highest BCUT2D eigenvalue weighted by atomic mass is 79.9. The number of hydrogen-bond donors (Lipinski definition) is 2. The summed E-state index contributed by atoms with van der Waals surface area (Å²) in [6.45, 7) is 0. The van der Waals surface area contributed by atoms with E-state index in [1.54, 1.807) is 12.1 Å². The van der Waals surface area contributed by atoms with Gasteiger partial charge in [-0.3, -0.25) is 9.59 Å². The Morgan fingerprint density at radius 3 is 1.50 bits per heavy atom. The summed E-state index contributed by atoms with van der Waals surface area (Å²) < 4.78 is 1.65. The summed E-state index contributed by atoms with van der Waals surface area (Å²) in [6, 6.07) is 10.8. The summed E-state index contributed by atoms with van der Waals surface area (Å²) >= 11 is 6.71. The van der Waals surface area contributed by atoms with E-state index >= 15 is 0 Å². The van der Waals surface area contributed by atoms with Crippen molar-refractivity contribution in [3.8, 4) is 0 Å². The minimum atomic E-state index is -0.181. The van der Waals surface area contributed by atoms with Crippen molar-refractivity contribution in [2.24, 2.45) is 0 Å². The van der Waals surface area contributed by atoms with E-state index in [4.69, 9.17) is 0 Å². The monoisotopic (exact) mass is 418 g/mol. The topological polar surface area (TPSA) is 58.2 Å². The minimum absolute atomic E-state index is 0.181. The van der Waals surface area contributed by atoms with Gasteiger partial charge in [0.15, 0.2) is 0 Å². The third kappa shape index (κ3) is 1.94. The molecule has 0 aliphatic carbocycles. The number of nitrogens with one attached hydrogen (secondary N) is 2. The van der Waals surface area contributed by atoms with E-state index in [0.717, 1.165) is 8.95 Å². The van der Waals surface area contributed by atoms with Gasteiger partial charge in [-0.15, -0.1) is 0 Å². The Morgan fingerprint density at radius 1 is 0.682 bits per heavy atom. The Kier molecular flexibility index (Phi) is 2.99. The standard InChI is InChI=1S/C16H8Br2N2O2/c17-7-1-3-11-9(5-7)15(21)13(19-11)14-16(22)10-6-8(18)2-4-12(10)20-14/h1-6,19-20H. The molecule has 4 nitrogen and oxygen atoms in total. The Balaban J connectivity index is 1.82. The Bertz CT molecular complexity index is 830. The largest absolute Gasteiger partial charge is 0.350 e. The third-order valence-electron chi connectivity index (χ3n) is 3.68. The molecule has 2 aliphatic rings. The first-order valence-corrected chi connectivity index (χ1v) is 8.10. The number of ketones is 2. The van der Waals surface area contributed by atoms with Gasteiger partial charge in [-0.05, 0) is 36.4 Å². The fourth-order valence-corrected chi connectivity index (χ4v) is 3.35. The number of benzene rings is 2. The molecular formula is C16H8Br2N2O2. The van der Waals surface area contributed by atoms with Crippen molar-refractivity contribution in [2.75, 3.05) is 10.6 Å². The lowest BCUT2D eigenvalue weighted by Crippen LogP contribution is -2.13. The van der Waals surface area contributed by atoms with Crippen LogP contribution in [0.5, 0.6) is 0 Å². The molecule has 22 heavy (non-hydrogen) atoms. The molecule has 4 rings (SSSR count). The number of Topliss-reactive ketones (excluding diaryl/α,β-unsaturated/α-hetero) is 2. The van der Waals surface area contributed by atoms with Crippen molar-refractivity contribution in [3.05, 3.63) is 67.9 Å². The molecule has 2 heterocycles. The quantitative estimate of drug-likeness (QED) is 0.623. The highest BCUT2D eigenvalue weighted by Gasteiger charge is 2.34. The molecule has 0 saturated carbocycles. The molecule has 0 spiro atoms. The molecule has 6 heteroatoms. The van der Waals surface area contributed by atoms with Gasteiger partial charge in [0.05, 0.1) is 11.4 Å². The van der Waals surface area contributed by atoms with Gasteiger partial charge in [0, 0.05) is 20.1 Å². The molecule has 0 bridgehead atoms. The van der Waals surface area contributed by atoms with Crippen LogP contribution in [-0.2, 0) is 0 Å². The zero-order valence-corrected chi connectivity index (χ0v) is 14.2. The Hall–Kier alpha value is -1.92. The number of carbonyl (C=O) groups is 2. The van der Waals surface area contributed by atoms with E-state index in [0.29, 0.717) is 33.9 Å². The minimum Gasteiger partial charge on any atom is -0.350 e. The van der Waals surface area contributed by atoms with Gasteiger partial charge >= 0.3 is 0 Å². The van der Waals surface area contributed by atoms with Crippen LogP contribution in [0.4, 0.5) is 11.4 Å². The van der Waals surface area contributed by atoms with Gasteiger partial charge in [-0.1, -0.05) is 31.9 Å². The van der Waals surface area contributed by atoms with E-state index < -0.39 is 0 Å². The van der Waals surface area contributed by atoms with Crippen molar-refractivity contribution < 1.29 is 9.59 Å². The lowest BCUT2D eigenvalue weighted by atomic mass is 10.1. The maximum atomic E-state index is 12.6.